The van der Waals surface area contributed by atoms with Gasteiger partial charge < -0.3 is 0 Å². The van der Waals surface area contributed by atoms with E-state index in [1.54, 1.807) is 30.3 Å². The molecule has 0 bridgehead atoms. The van der Waals surface area contributed by atoms with Gasteiger partial charge >= 0.3 is 0 Å². The van der Waals surface area contributed by atoms with Crippen LogP contribution in [0.2, 0.25) is 5.02 Å². The summed E-state index contributed by atoms with van der Waals surface area (Å²) in [5.41, 5.74) is 3.37. The van der Waals surface area contributed by atoms with Gasteiger partial charge in [0.1, 0.15) is 0 Å². The van der Waals surface area contributed by atoms with Gasteiger partial charge in [0.25, 0.3) is 10.0 Å². The second-order valence-electron chi connectivity index (χ2n) is 6.74. The molecule has 0 fully saturated rings. The largest absolute Gasteiger partial charge is 0.279 e. The third-order valence-corrected chi connectivity index (χ3v) is 6.85. The molecule has 0 saturated heterocycles. The first kappa shape index (κ1) is 18.7. The van der Waals surface area contributed by atoms with Crippen LogP contribution in [0, 0.1) is 6.92 Å². The van der Waals surface area contributed by atoms with Gasteiger partial charge in [-0.15, -0.1) is 0 Å². The summed E-state index contributed by atoms with van der Waals surface area (Å²) in [6, 6.07) is 23.3. The second-order valence-corrected chi connectivity index (χ2v) is 8.95. The van der Waals surface area contributed by atoms with Crippen LogP contribution in [0.25, 0.3) is 0 Å². The summed E-state index contributed by atoms with van der Waals surface area (Å²) < 4.78 is 28.0. The highest BCUT2D eigenvalue weighted by atomic mass is 35.5. The van der Waals surface area contributed by atoms with Gasteiger partial charge in [-0.05, 0) is 36.2 Å². The Labute approximate surface area is 170 Å². The average molecular weight is 411 g/mol. The van der Waals surface area contributed by atoms with Crippen molar-refractivity contribution in [1.82, 2.24) is 4.41 Å². The standard InChI is InChI=1S/C22H19ClN2O2S/c1-16-11-13-18(14-12-16)28(26,27)25-22(19-9-5-6-10-20(19)23)15-21(24-25)17-7-3-2-4-8-17/h2-14,22H,15H2,1H3/t22-/m1/s1. The summed E-state index contributed by atoms with van der Waals surface area (Å²) in [6.45, 7) is 1.92. The van der Waals surface area contributed by atoms with Crippen LogP contribution >= 0.6 is 11.6 Å². The van der Waals surface area contributed by atoms with E-state index < -0.39 is 16.1 Å². The summed E-state index contributed by atoms with van der Waals surface area (Å²) in [7, 11) is -3.82. The fourth-order valence-corrected chi connectivity index (χ4v) is 5.00. The topological polar surface area (TPSA) is 49.7 Å². The summed E-state index contributed by atoms with van der Waals surface area (Å²) in [6.07, 6.45) is 0.457. The molecule has 0 spiro atoms. The first-order chi connectivity index (χ1) is 13.5. The Kier molecular flexibility index (Phi) is 4.96. The minimum atomic E-state index is -3.82. The van der Waals surface area contributed by atoms with Gasteiger partial charge in [-0.2, -0.15) is 17.9 Å². The predicted octanol–water partition coefficient (Wildman–Crippen LogP) is 5.19. The zero-order chi connectivity index (χ0) is 19.7. The minimum absolute atomic E-state index is 0.216. The molecule has 0 saturated carbocycles. The summed E-state index contributed by atoms with van der Waals surface area (Å²) in [5.74, 6) is 0. The number of hydrazone groups is 1. The number of rotatable bonds is 4. The van der Waals surface area contributed by atoms with E-state index in [1.165, 1.54) is 4.41 Å². The number of benzene rings is 3. The Morgan fingerprint density at radius 2 is 1.57 bits per heavy atom. The summed E-state index contributed by atoms with van der Waals surface area (Å²) in [4.78, 5) is 0.216. The second kappa shape index (κ2) is 7.41. The number of halogens is 1. The SMILES string of the molecule is Cc1ccc(S(=O)(=O)N2N=C(c3ccccc3)C[C@@H]2c2ccccc2Cl)cc1. The van der Waals surface area contributed by atoms with Gasteiger partial charge in [0.2, 0.25) is 0 Å². The molecule has 28 heavy (non-hydrogen) atoms. The first-order valence-corrected chi connectivity index (χ1v) is 10.8. The summed E-state index contributed by atoms with van der Waals surface area (Å²) in [5, 5.41) is 5.06. The number of hydrogen-bond donors (Lipinski definition) is 0. The van der Waals surface area contributed by atoms with Gasteiger partial charge in [0, 0.05) is 11.4 Å². The summed E-state index contributed by atoms with van der Waals surface area (Å²) >= 11 is 6.41. The number of nitrogens with zero attached hydrogens (tertiary/aromatic N) is 2. The van der Waals surface area contributed by atoms with Crippen molar-refractivity contribution in [2.45, 2.75) is 24.3 Å². The fraction of sp³-hybridized carbons (Fsp3) is 0.136. The van der Waals surface area contributed by atoms with Crippen LogP contribution in [0.15, 0.2) is 88.9 Å². The highest BCUT2D eigenvalue weighted by Crippen LogP contribution is 2.39. The van der Waals surface area contributed by atoms with Crippen molar-refractivity contribution in [2.24, 2.45) is 5.10 Å². The lowest BCUT2D eigenvalue weighted by molar-refractivity contribution is 0.371. The van der Waals surface area contributed by atoms with Crippen LogP contribution in [-0.2, 0) is 10.0 Å². The third-order valence-electron chi connectivity index (χ3n) is 4.81. The van der Waals surface area contributed by atoms with Crippen molar-refractivity contribution in [2.75, 3.05) is 0 Å². The molecule has 1 aliphatic heterocycles. The Morgan fingerprint density at radius 1 is 0.929 bits per heavy atom. The van der Waals surface area contributed by atoms with Crippen molar-refractivity contribution in [3.05, 3.63) is 101 Å². The molecule has 0 N–H and O–H groups in total. The minimum Gasteiger partial charge on any atom is -0.200 e. The zero-order valence-electron chi connectivity index (χ0n) is 15.3. The van der Waals surface area contributed by atoms with Crippen LogP contribution in [0.1, 0.15) is 29.2 Å². The average Bonchev–Trinajstić information content (AvgIpc) is 3.15. The van der Waals surface area contributed by atoms with Crippen molar-refractivity contribution in [1.29, 1.82) is 0 Å². The molecular formula is C22H19ClN2O2S. The normalized spacial score (nSPS) is 16.9. The Hall–Kier alpha value is -2.63. The van der Waals surface area contributed by atoms with Gasteiger partial charge in [0.05, 0.1) is 16.6 Å². The molecular weight excluding hydrogens is 392 g/mol. The molecule has 4 nitrogen and oxygen atoms in total. The maximum Gasteiger partial charge on any atom is 0.279 e. The van der Waals surface area contributed by atoms with Crippen LogP contribution in [0.4, 0.5) is 0 Å². The van der Waals surface area contributed by atoms with E-state index in [1.807, 2.05) is 55.5 Å². The number of sulfonamides is 1. The van der Waals surface area contributed by atoms with Crippen molar-refractivity contribution >= 4 is 27.3 Å². The molecule has 1 heterocycles. The highest BCUT2D eigenvalue weighted by Gasteiger charge is 2.38. The molecule has 3 aromatic carbocycles. The molecule has 142 valence electrons. The lowest BCUT2D eigenvalue weighted by atomic mass is 9.99. The predicted molar refractivity (Wildman–Crippen MR) is 112 cm³/mol. The maximum atomic E-state index is 13.4. The Morgan fingerprint density at radius 3 is 2.25 bits per heavy atom. The van der Waals surface area contributed by atoms with E-state index in [9.17, 15) is 8.42 Å². The Bertz CT molecular complexity index is 1130. The highest BCUT2D eigenvalue weighted by molar-refractivity contribution is 7.89. The van der Waals surface area contributed by atoms with Crippen molar-refractivity contribution < 1.29 is 8.42 Å². The third kappa shape index (κ3) is 3.43. The maximum absolute atomic E-state index is 13.4. The van der Waals surface area contributed by atoms with Crippen molar-refractivity contribution in [3.63, 3.8) is 0 Å². The molecule has 1 atom stereocenters. The van der Waals surface area contributed by atoms with Crippen LogP contribution in [0.5, 0.6) is 0 Å². The van der Waals surface area contributed by atoms with E-state index in [0.29, 0.717) is 11.4 Å². The number of aryl methyl sites for hydroxylation is 1. The lowest BCUT2D eigenvalue weighted by Gasteiger charge is -2.24. The van der Waals surface area contributed by atoms with Crippen LogP contribution in [-0.4, -0.2) is 18.5 Å². The van der Waals surface area contributed by atoms with Gasteiger partial charge in [-0.25, -0.2) is 0 Å². The molecule has 1 aliphatic rings. The first-order valence-electron chi connectivity index (χ1n) is 8.95. The molecule has 3 aromatic rings. The monoisotopic (exact) mass is 410 g/mol. The lowest BCUT2D eigenvalue weighted by Crippen LogP contribution is -2.27. The zero-order valence-corrected chi connectivity index (χ0v) is 16.9. The number of hydrogen-bond acceptors (Lipinski definition) is 3. The molecule has 4 rings (SSSR count). The smallest absolute Gasteiger partial charge is 0.200 e. The van der Waals surface area contributed by atoms with E-state index in [0.717, 1.165) is 22.4 Å². The fourth-order valence-electron chi connectivity index (χ4n) is 3.31. The van der Waals surface area contributed by atoms with E-state index in [2.05, 4.69) is 5.10 Å². The van der Waals surface area contributed by atoms with Gasteiger partial charge in [0.15, 0.2) is 0 Å². The van der Waals surface area contributed by atoms with E-state index in [4.69, 9.17) is 11.6 Å². The molecule has 0 unspecified atom stereocenters. The molecule has 0 radical (unpaired) electrons. The quantitative estimate of drug-likeness (QED) is 0.594. The molecule has 6 heteroatoms. The molecule has 0 aromatic heterocycles. The molecule has 0 aliphatic carbocycles. The molecule has 0 amide bonds. The Balaban J connectivity index is 1.82. The van der Waals surface area contributed by atoms with Gasteiger partial charge in [-0.1, -0.05) is 77.8 Å². The van der Waals surface area contributed by atoms with E-state index in [-0.39, 0.29) is 4.90 Å². The van der Waals surface area contributed by atoms with E-state index >= 15 is 0 Å². The van der Waals surface area contributed by atoms with Gasteiger partial charge in [-0.3, -0.25) is 0 Å². The van der Waals surface area contributed by atoms with Crippen LogP contribution in [0.3, 0.4) is 0 Å². The van der Waals surface area contributed by atoms with Crippen molar-refractivity contribution in [3.8, 4) is 0 Å². The van der Waals surface area contributed by atoms with Crippen LogP contribution < -0.4 is 0 Å².